The normalized spacial score (nSPS) is 24.0. The molecule has 0 bridgehead atoms. The molecule has 30 heavy (non-hydrogen) atoms. The average Bonchev–Trinajstić information content (AvgIpc) is 3.16. The molecule has 3 N–H and O–H groups in total. The van der Waals surface area contributed by atoms with Gasteiger partial charge in [-0.3, -0.25) is 23.5 Å². The van der Waals surface area contributed by atoms with Crippen molar-refractivity contribution in [3.63, 3.8) is 0 Å². The third-order valence-electron chi connectivity index (χ3n) is 4.30. The molecule has 1 saturated heterocycles. The summed E-state index contributed by atoms with van der Waals surface area (Å²) in [5.41, 5.74) is -2.22. The van der Waals surface area contributed by atoms with Gasteiger partial charge in [-0.2, -0.15) is 0 Å². The zero-order chi connectivity index (χ0) is 22.1. The minimum atomic E-state index is -2.92. The minimum absolute atomic E-state index is 0.0546. The van der Waals surface area contributed by atoms with E-state index in [0.29, 0.717) is 4.88 Å². The molecule has 11 nitrogen and oxygen atoms in total. The molecule has 14 heteroatoms. The molecule has 0 spiro atoms. The number of nitrogens with zero attached hydrogens (tertiary/aromatic N) is 1. The van der Waals surface area contributed by atoms with Gasteiger partial charge in [-0.25, -0.2) is 9.52 Å². The van der Waals surface area contributed by atoms with Crippen LogP contribution in [0.25, 0.3) is 0 Å². The van der Waals surface area contributed by atoms with Crippen LogP contribution in [0, 0.1) is 0 Å². The second kappa shape index (κ2) is 8.85. The van der Waals surface area contributed by atoms with Crippen LogP contribution in [0.2, 0.25) is 0 Å². The Bertz CT molecular complexity index is 948. The number of amides is 2. The van der Waals surface area contributed by atoms with Crippen molar-refractivity contribution < 1.29 is 37.8 Å². The van der Waals surface area contributed by atoms with Gasteiger partial charge >= 0.3 is 11.9 Å². The third kappa shape index (κ3) is 4.27. The van der Waals surface area contributed by atoms with Gasteiger partial charge in [0.15, 0.2) is 0 Å². The molecule has 3 rings (SSSR count). The molecule has 3 atom stereocenters. The summed E-state index contributed by atoms with van der Waals surface area (Å²) in [4.78, 5) is 49.9. The van der Waals surface area contributed by atoms with Gasteiger partial charge in [0, 0.05) is 34.4 Å². The highest BCUT2D eigenvalue weighted by molar-refractivity contribution is 8.00. The van der Waals surface area contributed by atoms with Crippen LogP contribution in [0.3, 0.4) is 0 Å². The summed E-state index contributed by atoms with van der Waals surface area (Å²) in [6.07, 6.45) is -0.0728. The summed E-state index contributed by atoms with van der Waals surface area (Å²) in [5.74, 6) is -3.54. The van der Waals surface area contributed by atoms with Crippen molar-refractivity contribution in [2.45, 2.75) is 24.4 Å². The first-order chi connectivity index (χ1) is 14.2. The number of thiophene rings is 1. The highest BCUT2D eigenvalue weighted by atomic mass is 32.2. The van der Waals surface area contributed by atoms with Gasteiger partial charge in [0.05, 0.1) is 6.42 Å². The Kier molecular flexibility index (Phi) is 6.62. The number of carbonyl (C=O) groups excluding carboxylic acids is 3. The van der Waals surface area contributed by atoms with Crippen LogP contribution in [0.4, 0.5) is 0 Å². The molecule has 2 unspecified atom stereocenters. The van der Waals surface area contributed by atoms with E-state index in [1.165, 1.54) is 11.3 Å². The number of carboxylic acid groups (broad SMARTS) is 1. The predicted molar refractivity (Wildman–Crippen MR) is 105 cm³/mol. The zero-order valence-electron chi connectivity index (χ0n) is 15.4. The molecule has 3 heterocycles. The third-order valence-corrected chi connectivity index (χ3v) is 7.06. The van der Waals surface area contributed by atoms with E-state index in [0.717, 1.165) is 23.6 Å². The smallest absolute Gasteiger partial charge is 0.352 e. The van der Waals surface area contributed by atoms with Crippen LogP contribution < -0.4 is 10.0 Å². The Morgan fingerprint density at radius 3 is 2.77 bits per heavy atom. The van der Waals surface area contributed by atoms with Crippen LogP contribution in [0.1, 0.15) is 11.8 Å². The van der Waals surface area contributed by atoms with Crippen molar-refractivity contribution in [1.29, 1.82) is 0 Å². The van der Waals surface area contributed by atoms with Gasteiger partial charge in [0.25, 0.3) is 5.91 Å². The summed E-state index contributed by atoms with van der Waals surface area (Å²) in [6.45, 7) is 0.843. The quantitative estimate of drug-likeness (QED) is 0.191. The number of thioether (sulfide) groups is 1. The van der Waals surface area contributed by atoms with Crippen LogP contribution in [0.15, 0.2) is 28.8 Å². The molecule has 2 amide bonds. The van der Waals surface area contributed by atoms with Crippen molar-refractivity contribution >= 4 is 58.1 Å². The zero-order valence-corrected chi connectivity index (χ0v) is 17.9. The predicted octanol–water partition coefficient (Wildman–Crippen LogP) is -0.696. The highest BCUT2D eigenvalue weighted by Gasteiger charge is 2.66. The number of hydrogen-bond donors (Lipinski definition) is 3. The van der Waals surface area contributed by atoms with Crippen LogP contribution in [-0.2, 0) is 41.6 Å². The number of nitrogens with one attached hydrogen (secondary N) is 2. The van der Waals surface area contributed by atoms with E-state index in [9.17, 15) is 33.0 Å². The molecule has 2 aliphatic rings. The number of hydrogen-bond acceptors (Lipinski definition) is 9. The van der Waals surface area contributed by atoms with Crippen molar-refractivity contribution in [2.24, 2.45) is 0 Å². The summed E-state index contributed by atoms with van der Waals surface area (Å²) < 4.78 is 29.6. The molecule has 0 saturated carbocycles. The Hall–Kier alpha value is -2.26. The molecule has 162 valence electrons. The first-order valence-electron chi connectivity index (χ1n) is 8.40. The Balaban J connectivity index is 1.88. The average molecular weight is 475 g/mol. The number of carboxylic acids is 1. The molecule has 1 aromatic rings. The lowest BCUT2D eigenvalue weighted by Gasteiger charge is -2.57. The maximum Gasteiger partial charge on any atom is 0.352 e. The summed E-state index contributed by atoms with van der Waals surface area (Å²) in [5, 5.41) is 12.8. The van der Waals surface area contributed by atoms with E-state index in [4.69, 9.17) is 4.74 Å². The topological polar surface area (TPSA) is 165 Å². The SMILES string of the molecule is CC(=O)OCC1=C(C(=O)O)N2C(=O)C(NC(=O)Cc3cccs3)(NS(=O)[O-])[C@H]2SC1. The molecule has 1 fully saturated rings. The second-order valence-electron chi connectivity index (χ2n) is 6.33. The van der Waals surface area contributed by atoms with Gasteiger partial charge < -0.3 is 19.7 Å². The minimum Gasteiger partial charge on any atom is -0.760 e. The Morgan fingerprint density at radius 1 is 1.47 bits per heavy atom. The number of esters is 1. The fourth-order valence-corrected chi connectivity index (χ4v) is 5.81. The van der Waals surface area contributed by atoms with Gasteiger partial charge in [-0.1, -0.05) is 6.07 Å². The number of carbonyl (C=O) groups is 4. The molecule has 0 aromatic carbocycles. The fraction of sp³-hybridized carbons (Fsp3) is 0.375. The Morgan fingerprint density at radius 2 is 2.20 bits per heavy atom. The lowest BCUT2D eigenvalue weighted by Crippen LogP contribution is -2.85. The number of ether oxygens (including phenoxy) is 1. The van der Waals surface area contributed by atoms with Gasteiger partial charge in [0.1, 0.15) is 17.7 Å². The summed E-state index contributed by atoms with van der Waals surface area (Å²) in [7, 11) is 0. The summed E-state index contributed by atoms with van der Waals surface area (Å²) >= 11 is -0.557. The lowest BCUT2D eigenvalue weighted by molar-refractivity contribution is -0.160. The van der Waals surface area contributed by atoms with Gasteiger partial charge in [0.2, 0.25) is 11.6 Å². The first kappa shape index (κ1) is 22.4. The number of fused-ring (bicyclic) bond motifs is 1. The van der Waals surface area contributed by atoms with E-state index >= 15 is 0 Å². The highest BCUT2D eigenvalue weighted by Crippen LogP contribution is 2.45. The lowest BCUT2D eigenvalue weighted by atomic mass is 9.96. The maximum absolute atomic E-state index is 12.9. The molecule has 0 aliphatic carbocycles. The number of rotatable bonds is 8. The van der Waals surface area contributed by atoms with Crippen molar-refractivity contribution in [3.8, 4) is 0 Å². The van der Waals surface area contributed by atoms with E-state index in [-0.39, 0.29) is 24.4 Å². The monoisotopic (exact) mass is 474 g/mol. The van der Waals surface area contributed by atoms with Gasteiger partial charge in [-0.15, -0.1) is 23.1 Å². The fourth-order valence-electron chi connectivity index (χ4n) is 3.12. The van der Waals surface area contributed by atoms with Crippen molar-refractivity contribution in [1.82, 2.24) is 14.9 Å². The summed E-state index contributed by atoms with van der Waals surface area (Å²) in [6, 6.07) is 3.46. The number of aliphatic carboxylic acids is 1. The van der Waals surface area contributed by atoms with Crippen LogP contribution >= 0.6 is 23.1 Å². The number of β-lactam (4-membered cyclic amide) rings is 1. The van der Waals surface area contributed by atoms with Crippen LogP contribution in [0.5, 0.6) is 0 Å². The van der Waals surface area contributed by atoms with E-state index in [1.54, 1.807) is 17.5 Å². The largest absolute Gasteiger partial charge is 0.760 e. The Labute approximate surface area is 181 Å². The second-order valence-corrected chi connectivity index (χ2v) is 9.10. The molecular formula is C16H16N3O8S3-. The van der Waals surface area contributed by atoms with E-state index in [2.05, 4.69) is 10.0 Å². The first-order valence-corrected chi connectivity index (χ1v) is 11.4. The van der Waals surface area contributed by atoms with Gasteiger partial charge in [-0.05, 0) is 11.4 Å². The molecule has 0 radical (unpaired) electrons. The van der Waals surface area contributed by atoms with E-state index in [1.807, 2.05) is 0 Å². The standard InChI is InChI=1S/C16H17N3O8S3/c1-8(20)27-6-9-7-29-15-16(18-30(25)26,14(24)19(15)12(9)13(22)23)17-11(21)5-10-3-2-4-28-10/h2-4,15,18H,5-7H2,1H3,(H,17,21)(H,22,23)(H,25,26)/p-1/t15-,16?/m1/s1. The maximum atomic E-state index is 12.9. The molecule has 2 aliphatic heterocycles. The van der Waals surface area contributed by atoms with Crippen molar-refractivity contribution in [2.75, 3.05) is 12.4 Å². The molecular weight excluding hydrogens is 458 g/mol. The van der Waals surface area contributed by atoms with Crippen molar-refractivity contribution in [3.05, 3.63) is 33.7 Å². The molecule has 1 aromatic heterocycles. The van der Waals surface area contributed by atoms with E-state index < -0.39 is 51.8 Å². The van der Waals surface area contributed by atoms with Crippen LogP contribution in [-0.4, -0.2) is 65.9 Å².